The number of amides is 1. The number of hydrogen-bond acceptors (Lipinski definition) is 4. The number of nitrogens with zero attached hydrogens (tertiary/aromatic N) is 3. The van der Waals surface area contributed by atoms with E-state index >= 15 is 0 Å². The van der Waals surface area contributed by atoms with Crippen molar-refractivity contribution in [3.63, 3.8) is 0 Å². The summed E-state index contributed by atoms with van der Waals surface area (Å²) < 4.78 is 0. The van der Waals surface area contributed by atoms with E-state index < -0.39 is 0 Å². The molecule has 1 N–H and O–H groups in total. The highest BCUT2D eigenvalue weighted by Gasteiger charge is 2.65. The van der Waals surface area contributed by atoms with Crippen molar-refractivity contribution in [2.45, 2.75) is 43.8 Å². The van der Waals surface area contributed by atoms with Crippen LogP contribution < -0.4 is 10.2 Å². The molecule has 136 valence electrons. The molecule has 0 aromatic heterocycles. The zero-order valence-electron chi connectivity index (χ0n) is 14.3. The van der Waals surface area contributed by atoms with Crippen molar-refractivity contribution in [2.24, 2.45) is 11.3 Å². The lowest BCUT2D eigenvalue weighted by Gasteiger charge is -2.26. The highest BCUT2D eigenvalue weighted by Crippen LogP contribution is 2.59. The maximum absolute atomic E-state index is 13.1. The maximum atomic E-state index is 13.1. The third-order valence-corrected chi connectivity index (χ3v) is 7.22. The van der Waals surface area contributed by atoms with Crippen LogP contribution in [0.15, 0.2) is 18.2 Å². The number of halogens is 2. The van der Waals surface area contributed by atoms with Gasteiger partial charge in [-0.15, -0.1) is 0 Å². The molecule has 26 heavy (non-hydrogen) atoms. The average Bonchev–Trinajstić information content (AvgIpc) is 2.93. The second kappa shape index (κ2) is 5.68. The first kappa shape index (κ1) is 16.5. The molecule has 3 heterocycles. The van der Waals surface area contributed by atoms with Crippen LogP contribution in [0.5, 0.6) is 0 Å². The van der Waals surface area contributed by atoms with Crippen LogP contribution in [0.2, 0.25) is 10.0 Å². The van der Waals surface area contributed by atoms with Gasteiger partial charge in [-0.1, -0.05) is 23.2 Å². The molecule has 4 fully saturated rings. The number of fused-ring (bicyclic) bond motifs is 3. The van der Waals surface area contributed by atoms with Crippen molar-refractivity contribution in [3.05, 3.63) is 28.2 Å². The summed E-state index contributed by atoms with van der Waals surface area (Å²) in [5, 5.41) is 13.8. The van der Waals surface area contributed by atoms with Gasteiger partial charge >= 0.3 is 0 Å². The maximum Gasteiger partial charge on any atom is 0.228 e. The summed E-state index contributed by atoms with van der Waals surface area (Å²) in [6, 6.07) is 6.16. The zero-order valence-corrected chi connectivity index (χ0v) is 15.8. The first-order valence-corrected chi connectivity index (χ1v) is 9.96. The average molecular weight is 391 g/mol. The lowest BCUT2D eigenvalue weighted by Crippen LogP contribution is -2.47. The van der Waals surface area contributed by atoms with E-state index in [4.69, 9.17) is 23.2 Å². The summed E-state index contributed by atoms with van der Waals surface area (Å²) in [4.78, 5) is 17.2. The summed E-state index contributed by atoms with van der Waals surface area (Å²) in [6.07, 6.45) is 6.24. The minimum absolute atomic E-state index is 0.117. The number of carbonyl (C=O) groups excluding carboxylic acids is 1. The second-order valence-corrected chi connectivity index (χ2v) is 9.06. The van der Waals surface area contributed by atoms with Gasteiger partial charge < -0.3 is 15.1 Å². The first-order valence-electron chi connectivity index (χ1n) is 9.20. The Balaban J connectivity index is 1.28. The topological polar surface area (TPSA) is 59.4 Å². The zero-order chi connectivity index (χ0) is 18.1. The van der Waals surface area contributed by atoms with Gasteiger partial charge in [0.15, 0.2) is 6.19 Å². The second-order valence-electron chi connectivity index (χ2n) is 8.19. The predicted molar refractivity (Wildman–Crippen MR) is 100 cm³/mol. The van der Waals surface area contributed by atoms with Gasteiger partial charge in [0.05, 0.1) is 17.5 Å². The fraction of sp³-hybridized carbons (Fsp3) is 0.579. The van der Waals surface area contributed by atoms with E-state index in [0.717, 1.165) is 37.9 Å². The smallest absolute Gasteiger partial charge is 0.228 e. The van der Waals surface area contributed by atoms with Crippen molar-refractivity contribution in [3.8, 4) is 6.19 Å². The summed E-state index contributed by atoms with van der Waals surface area (Å²) >= 11 is 12.3. The molecule has 7 heteroatoms. The van der Waals surface area contributed by atoms with Crippen molar-refractivity contribution in [1.82, 2.24) is 10.2 Å². The van der Waals surface area contributed by atoms with E-state index in [0.29, 0.717) is 28.5 Å². The molecule has 3 saturated heterocycles. The number of nitriles is 1. The van der Waals surface area contributed by atoms with Crippen molar-refractivity contribution >= 4 is 34.8 Å². The molecule has 3 aliphatic heterocycles. The number of hydrogen-bond donors (Lipinski definition) is 1. The van der Waals surface area contributed by atoms with Crippen LogP contribution in [-0.2, 0) is 4.79 Å². The molecule has 0 radical (unpaired) electrons. The Kier molecular flexibility index (Phi) is 3.61. The Morgan fingerprint density at radius 3 is 2.73 bits per heavy atom. The highest BCUT2D eigenvalue weighted by molar-refractivity contribution is 6.35. The number of benzene rings is 1. The normalized spacial score (nSPS) is 36.8. The first-order chi connectivity index (χ1) is 12.5. The van der Waals surface area contributed by atoms with E-state index in [9.17, 15) is 10.1 Å². The minimum Gasteiger partial charge on any atom is -0.370 e. The summed E-state index contributed by atoms with van der Waals surface area (Å²) in [5.41, 5.74) is 0.700. The van der Waals surface area contributed by atoms with Crippen molar-refractivity contribution < 1.29 is 4.79 Å². The molecule has 5 rings (SSSR count). The lowest BCUT2D eigenvalue weighted by molar-refractivity contribution is -0.127. The quantitative estimate of drug-likeness (QED) is 0.805. The van der Waals surface area contributed by atoms with Crippen LogP contribution in [0, 0.1) is 22.8 Å². The molecule has 0 spiro atoms. The fourth-order valence-corrected chi connectivity index (χ4v) is 5.88. The Bertz CT molecular complexity index is 804. The van der Waals surface area contributed by atoms with Crippen molar-refractivity contribution in [1.29, 1.82) is 5.26 Å². The molecule has 1 aromatic rings. The van der Waals surface area contributed by atoms with Crippen LogP contribution >= 0.6 is 23.2 Å². The number of rotatable bonds is 3. The minimum atomic E-state index is -0.284. The van der Waals surface area contributed by atoms with Crippen molar-refractivity contribution in [2.75, 3.05) is 18.0 Å². The van der Waals surface area contributed by atoms with E-state index in [1.54, 1.807) is 6.07 Å². The largest absolute Gasteiger partial charge is 0.370 e. The Morgan fingerprint density at radius 1 is 1.27 bits per heavy atom. The highest BCUT2D eigenvalue weighted by atomic mass is 35.5. The lowest BCUT2D eigenvalue weighted by atomic mass is 9.94. The number of anilines is 1. The van der Waals surface area contributed by atoms with Crippen LogP contribution in [0.25, 0.3) is 0 Å². The Hall–Kier alpha value is -1.64. The van der Waals surface area contributed by atoms with Gasteiger partial charge in [-0.3, -0.25) is 4.79 Å². The van der Waals surface area contributed by atoms with Crippen LogP contribution in [0.3, 0.4) is 0 Å². The molecule has 5 nitrogen and oxygen atoms in total. The number of piperidine rings is 1. The van der Waals surface area contributed by atoms with Gasteiger partial charge in [-0.2, -0.15) is 5.26 Å². The third-order valence-electron chi connectivity index (χ3n) is 6.78. The summed E-state index contributed by atoms with van der Waals surface area (Å²) in [6.45, 7) is 1.58. The molecule has 0 unspecified atom stereocenters. The fourth-order valence-electron chi connectivity index (χ4n) is 5.37. The number of nitrogens with one attached hydrogen (secondary N) is 1. The third kappa shape index (κ3) is 2.39. The molecule has 1 saturated carbocycles. The molecule has 4 aliphatic rings. The van der Waals surface area contributed by atoms with Crippen LogP contribution in [-0.4, -0.2) is 42.0 Å². The van der Waals surface area contributed by atoms with Gasteiger partial charge in [-0.25, -0.2) is 0 Å². The monoisotopic (exact) mass is 390 g/mol. The molecule has 1 aromatic carbocycles. The van der Waals surface area contributed by atoms with Gasteiger partial charge in [0.25, 0.3) is 0 Å². The van der Waals surface area contributed by atoms with Crippen LogP contribution in [0.4, 0.5) is 5.69 Å². The van der Waals surface area contributed by atoms with Gasteiger partial charge in [0, 0.05) is 34.9 Å². The number of carbonyl (C=O) groups is 1. The van der Waals surface area contributed by atoms with Gasteiger partial charge in [0.2, 0.25) is 5.91 Å². The standard InChI is InChI=1S/C19H20Cl2N4O/c20-12-3-13(21)5-15(4-12)24-8-11-7-19(11,9-24)18(26)23-16-6-14-1-2-17(16)25(14)10-22/h3-5,11,14,16-17H,1-2,6-9H2,(H,23,26)/t11-,14-,16+,17+,19-/m0/s1. The Labute approximate surface area is 162 Å². The molecule has 1 amide bonds. The van der Waals surface area contributed by atoms with E-state index in [2.05, 4.69) is 16.4 Å². The summed E-state index contributed by atoms with van der Waals surface area (Å²) in [5.74, 6) is 0.555. The molecule has 2 bridgehead atoms. The van der Waals surface area contributed by atoms with Gasteiger partial charge in [-0.05, 0) is 49.8 Å². The molecular weight excluding hydrogens is 371 g/mol. The van der Waals surface area contributed by atoms with E-state index in [1.807, 2.05) is 17.0 Å². The molecular formula is C19H20Cl2N4O. The molecule has 5 atom stereocenters. The van der Waals surface area contributed by atoms with E-state index in [-0.39, 0.29) is 23.4 Å². The van der Waals surface area contributed by atoms with Crippen LogP contribution in [0.1, 0.15) is 25.7 Å². The predicted octanol–water partition coefficient (Wildman–Crippen LogP) is 3.02. The SMILES string of the molecule is N#CN1[C@H]2CC[C@@H]1[C@H](NC(=O)[C@]13C[C@H]1CN(c1cc(Cl)cc(Cl)c1)C3)C2. The van der Waals surface area contributed by atoms with E-state index in [1.165, 1.54) is 0 Å². The molecule has 1 aliphatic carbocycles. The van der Waals surface area contributed by atoms with Gasteiger partial charge in [0.1, 0.15) is 0 Å². The summed E-state index contributed by atoms with van der Waals surface area (Å²) in [7, 11) is 0. The Morgan fingerprint density at radius 2 is 2.04 bits per heavy atom.